The minimum Gasteiger partial charge on any atom is -0.460 e. The first-order chi connectivity index (χ1) is 29.1. The molecule has 7 aliphatic rings. The first-order valence-electron chi connectivity index (χ1n) is 21.8. The van der Waals surface area contributed by atoms with Crippen LogP contribution in [0.1, 0.15) is 88.5 Å². The van der Waals surface area contributed by atoms with E-state index in [0.29, 0.717) is 31.0 Å². The van der Waals surface area contributed by atoms with E-state index in [1.807, 2.05) is 48.5 Å². The van der Waals surface area contributed by atoms with Crippen molar-refractivity contribution in [2.45, 2.75) is 158 Å². The number of carbonyl (C=O) groups excluding carboxylic acids is 4. The number of carbonyl (C=O) groups is 4. The van der Waals surface area contributed by atoms with Crippen molar-refractivity contribution in [3.8, 4) is 0 Å². The molecule has 15 heteroatoms. The zero-order valence-corrected chi connectivity index (χ0v) is 35.1. The highest BCUT2D eigenvalue weighted by Gasteiger charge is 2.76. The topological polar surface area (TPSA) is 195 Å². The third kappa shape index (κ3) is 8.14. The van der Waals surface area contributed by atoms with Gasteiger partial charge in [0.25, 0.3) is 0 Å². The fourth-order valence-corrected chi connectivity index (χ4v) is 10.5. The summed E-state index contributed by atoms with van der Waals surface area (Å²) >= 11 is 0. The number of hydrogen-bond donors (Lipinski definition) is 4. The maximum Gasteiger partial charge on any atom is 0.327 e. The van der Waals surface area contributed by atoms with E-state index < -0.39 is 95.8 Å². The Morgan fingerprint density at radius 3 is 2.41 bits per heavy atom. The van der Waals surface area contributed by atoms with Crippen LogP contribution in [0.25, 0.3) is 6.08 Å². The van der Waals surface area contributed by atoms with Crippen LogP contribution >= 0.6 is 0 Å². The Hall–Kier alpha value is -4.22. The summed E-state index contributed by atoms with van der Waals surface area (Å²) in [6.07, 6.45) is 4.22. The Morgan fingerprint density at radius 2 is 1.70 bits per heavy atom. The Kier molecular flexibility index (Phi) is 11.2. The standard InChI is InChI=1S/C46H57N3O12/c1-25(51)36(41(53)47-31(24-50)16-18-35(52)58-44(2,3)4)48-43(55)46-22-34-37-38(60-45(59-37)20-28-10-6-7-11-29(28)21-45)40(46)61-49(39(46)42(54)57-34)23-30-12-8-5-9-27(30)15-13-26-14-17-32-33(19-26)56-32/h5-13,15,25-26,31-34,36-40,50-51H,14,16-24H2,1-4H3,(H,47,53)(H,48,55). The lowest BCUT2D eigenvalue weighted by molar-refractivity contribution is -0.217. The molecule has 61 heavy (non-hydrogen) atoms. The second kappa shape index (κ2) is 16.2. The first kappa shape index (κ1) is 42.1. The SMILES string of the molecule is CC(O)C(NC(=O)C12CC3OC(=O)C1N(Cc1ccccc1C=CC1CCC4OC4C1)OC2C1OC2(Cc4ccccc4C2)OC31)C(=O)NC(CO)CCC(=O)OC(C)(C)C. The molecule has 1 spiro atoms. The Morgan fingerprint density at radius 1 is 0.984 bits per heavy atom. The molecular weight excluding hydrogens is 787 g/mol. The monoisotopic (exact) mass is 843 g/mol. The summed E-state index contributed by atoms with van der Waals surface area (Å²) < 4.78 is 30.9. The fraction of sp³-hybridized carbons (Fsp3) is 0.609. The van der Waals surface area contributed by atoms with E-state index in [4.69, 9.17) is 28.5 Å². The minimum atomic E-state index is -1.63. The van der Waals surface area contributed by atoms with Crippen molar-refractivity contribution in [1.82, 2.24) is 15.7 Å². The van der Waals surface area contributed by atoms with E-state index in [0.717, 1.165) is 41.5 Å². The molecule has 2 aromatic rings. The van der Waals surface area contributed by atoms with Gasteiger partial charge in [0.15, 0.2) is 11.8 Å². The zero-order chi connectivity index (χ0) is 42.8. The number of nitrogens with zero attached hydrogens (tertiary/aromatic N) is 1. The summed E-state index contributed by atoms with van der Waals surface area (Å²) in [5, 5.41) is 28.1. The van der Waals surface area contributed by atoms with Crippen LogP contribution in [-0.2, 0) is 67.1 Å². The number of fused-ring (bicyclic) bond motifs is 6. The van der Waals surface area contributed by atoms with E-state index in [-0.39, 0.29) is 25.8 Å². The molecule has 4 saturated heterocycles. The molecule has 4 aliphatic heterocycles. The molecule has 3 aliphatic carbocycles. The third-order valence-corrected chi connectivity index (χ3v) is 13.4. The number of rotatable bonds is 13. The maximum atomic E-state index is 15.2. The van der Waals surface area contributed by atoms with Crippen LogP contribution in [0.15, 0.2) is 54.6 Å². The van der Waals surface area contributed by atoms with E-state index >= 15 is 4.79 Å². The number of nitrogens with one attached hydrogen (secondary N) is 2. The molecule has 9 rings (SSSR count). The van der Waals surface area contributed by atoms with Gasteiger partial charge in [0, 0.05) is 25.7 Å². The predicted molar refractivity (Wildman–Crippen MR) is 217 cm³/mol. The summed E-state index contributed by atoms with van der Waals surface area (Å²) in [5.41, 5.74) is 1.64. The number of hydroxylamine groups is 2. The molecule has 6 fully saturated rings. The number of aliphatic hydroxyl groups is 2. The van der Waals surface area contributed by atoms with Crippen LogP contribution in [0.2, 0.25) is 0 Å². The Bertz CT molecular complexity index is 2040. The van der Waals surface area contributed by atoms with Crippen molar-refractivity contribution in [2.75, 3.05) is 6.61 Å². The average molecular weight is 844 g/mol. The van der Waals surface area contributed by atoms with E-state index in [9.17, 15) is 24.6 Å². The molecule has 2 amide bonds. The molecule has 12 atom stereocenters. The van der Waals surface area contributed by atoms with Crippen molar-refractivity contribution >= 4 is 29.8 Å². The van der Waals surface area contributed by atoms with Gasteiger partial charge in [-0.25, -0.2) is 0 Å². The lowest BCUT2D eigenvalue weighted by Gasteiger charge is -2.49. The van der Waals surface area contributed by atoms with Gasteiger partial charge in [0.05, 0.1) is 37.5 Å². The lowest BCUT2D eigenvalue weighted by Crippen LogP contribution is -2.71. The average Bonchev–Trinajstić information content (AvgIpc) is 3.56. The normalized spacial score (nSPS) is 33.2. The third-order valence-electron chi connectivity index (χ3n) is 13.4. The number of amides is 2. The van der Waals surface area contributed by atoms with Crippen LogP contribution in [0.3, 0.4) is 0 Å². The van der Waals surface area contributed by atoms with Crippen LogP contribution in [0, 0.1) is 11.3 Å². The summed E-state index contributed by atoms with van der Waals surface area (Å²) in [6.45, 7) is 6.22. The molecule has 2 aromatic carbocycles. The van der Waals surface area contributed by atoms with Gasteiger partial charge in [-0.1, -0.05) is 60.7 Å². The van der Waals surface area contributed by atoms with E-state index in [1.165, 1.54) is 12.0 Å². The fourth-order valence-electron chi connectivity index (χ4n) is 10.5. The van der Waals surface area contributed by atoms with E-state index in [1.54, 1.807) is 20.8 Å². The summed E-state index contributed by atoms with van der Waals surface area (Å²) in [6, 6.07) is 12.2. The molecular formula is C46H57N3O12. The molecule has 15 nitrogen and oxygen atoms in total. The smallest absolute Gasteiger partial charge is 0.327 e. The van der Waals surface area contributed by atoms with Crippen molar-refractivity contribution < 1.29 is 57.9 Å². The first-order valence-corrected chi connectivity index (χ1v) is 21.8. The maximum absolute atomic E-state index is 15.2. The van der Waals surface area contributed by atoms with Crippen LogP contribution < -0.4 is 10.6 Å². The number of benzene rings is 2. The number of aliphatic hydroxyl groups excluding tert-OH is 2. The highest BCUT2D eigenvalue weighted by Crippen LogP contribution is 2.58. The van der Waals surface area contributed by atoms with Gasteiger partial charge in [-0.15, -0.1) is 0 Å². The largest absolute Gasteiger partial charge is 0.460 e. The molecule has 4 N–H and O–H groups in total. The van der Waals surface area contributed by atoms with Crippen LogP contribution in [-0.4, -0.2) is 118 Å². The highest BCUT2D eigenvalue weighted by atomic mass is 16.8. The van der Waals surface area contributed by atoms with Gasteiger partial charge in [0.1, 0.15) is 41.5 Å². The van der Waals surface area contributed by atoms with Crippen molar-refractivity contribution in [2.24, 2.45) is 11.3 Å². The number of ether oxygens (including phenoxy) is 5. The van der Waals surface area contributed by atoms with Gasteiger partial charge >= 0.3 is 11.9 Å². The second-order valence-corrected chi connectivity index (χ2v) is 19.0. The summed E-state index contributed by atoms with van der Waals surface area (Å²) in [4.78, 5) is 62.7. The van der Waals surface area contributed by atoms with Gasteiger partial charge in [-0.05, 0) is 81.5 Å². The van der Waals surface area contributed by atoms with Gasteiger partial charge in [-0.2, -0.15) is 5.06 Å². The number of allylic oxidation sites excluding steroid dienone is 1. The van der Waals surface area contributed by atoms with Crippen LogP contribution in [0.4, 0.5) is 0 Å². The Balaban J connectivity index is 0.996. The number of esters is 2. The van der Waals surface area contributed by atoms with Gasteiger partial charge in [-0.3, -0.25) is 24.0 Å². The highest BCUT2D eigenvalue weighted by molar-refractivity contribution is 5.96. The predicted octanol–water partition coefficient (Wildman–Crippen LogP) is 2.81. The summed E-state index contributed by atoms with van der Waals surface area (Å²) in [5.74, 6) is -3.29. The summed E-state index contributed by atoms with van der Waals surface area (Å²) in [7, 11) is 0. The lowest BCUT2D eigenvalue weighted by atomic mass is 9.62. The van der Waals surface area contributed by atoms with E-state index in [2.05, 4.69) is 22.8 Å². The molecule has 0 aromatic heterocycles. The Labute approximate surface area is 355 Å². The molecule has 2 bridgehead atoms. The molecule has 12 unspecified atom stereocenters. The quantitative estimate of drug-likeness (QED) is 0.170. The second-order valence-electron chi connectivity index (χ2n) is 19.0. The number of epoxide rings is 1. The van der Waals surface area contributed by atoms with Crippen molar-refractivity contribution in [3.05, 3.63) is 76.9 Å². The molecule has 0 radical (unpaired) electrons. The van der Waals surface area contributed by atoms with Crippen molar-refractivity contribution in [1.29, 1.82) is 0 Å². The molecule has 328 valence electrons. The molecule has 2 saturated carbocycles. The minimum absolute atomic E-state index is 0.0146. The van der Waals surface area contributed by atoms with Gasteiger partial charge in [0.2, 0.25) is 11.8 Å². The van der Waals surface area contributed by atoms with Gasteiger partial charge < -0.3 is 44.5 Å². The van der Waals surface area contributed by atoms with Crippen LogP contribution in [0.5, 0.6) is 0 Å². The molecule has 4 heterocycles. The zero-order valence-electron chi connectivity index (χ0n) is 35.1. The van der Waals surface area contributed by atoms with Crippen molar-refractivity contribution in [3.63, 3.8) is 0 Å². The number of hydrogen-bond acceptors (Lipinski definition) is 13.